The fraction of sp³-hybridized carbons (Fsp3) is 0.462. The Bertz CT molecular complexity index is 995. The van der Waals surface area contributed by atoms with Crippen molar-refractivity contribution in [2.24, 2.45) is 5.92 Å². The lowest BCUT2D eigenvalue weighted by atomic mass is 9.90. The molecule has 2 atom stereocenters. The highest BCUT2D eigenvalue weighted by Gasteiger charge is 2.35. The van der Waals surface area contributed by atoms with E-state index in [1.54, 1.807) is 17.0 Å². The summed E-state index contributed by atoms with van der Waals surface area (Å²) in [6.45, 7) is 3.66. The van der Waals surface area contributed by atoms with Crippen LogP contribution in [0.15, 0.2) is 48.5 Å². The van der Waals surface area contributed by atoms with Crippen LogP contribution < -0.4 is 9.47 Å². The lowest BCUT2D eigenvalue weighted by Crippen LogP contribution is -2.52. The highest BCUT2D eigenvalue weighted by atomic mass is 19.1. The number of rotatable bonds is 7. The molecule has 0 bridgehead atoms. The Kier molecular flexibility index (Phi) is 8.17. The number of likely N-dealkylation sites (tertiary alicyclic amines) is 1. The number of hydrogen-bond acceptors (Lipinski definition) is 5. The molecule has 2 aromatic rings. The third kappa shape index (κ3) is 6.91. The van der Waals surface area contributed by atoms with Crippen molar-refractivity contribution in [3.63, 3.8) is 0 Å². The highest BCUT2D eigenvalue weighted by Crippen LogP contribution is 2.27. The largest absolute Gasteiger partial charge is 0.490 e. The predicted octanol–water partition coefficient (Wildman–Crippen LogP) is 2.80. The van der Waals surface area contributed by atoms with Crippen molar-refractivity contribution in [1.29, 1.82) is 0 Å². The molecule has 2 aliphatic rings. The predicted molar refractivity (Wildman–Crippen MR) is 126 cm³/mol. The van der Waals surface area contributed by atoms with Gasteiger partial charge in [-0.25, -0.2) is 8.78 Å². The Balaban J connectivity index is 1.40. The number of ether oxygens (including phenoxy) is 2. The number of carbonyl (C=O) groups excluding carboxylic acids is 2. The summed E-state index contributed by atoms with van der Waals surface area (Å²) < 4.78 is 38.1. The van der Waals surface area contributed by atoms with Gasteiger partial charge in [0.1, 0.15) is 29.2 Å². The van der Waals surface area contributed by atoms with Gasteiger partial charge in [0.15, 0.2) is 6.61 Å². The van der Waals surface area contributed by atoms with Crippen molar-refractivity contribution in [2.45, 2.75) is 18.9 Å². The average Bonchev–Trinajstić information content (AvgIpc) is 2.86. The standard InChI is InChI=1S/C26H31F2N3O4/c1-29-12-14-30(15-13-29)25(32)16-19-17-31(26(33)18-34-22-6-2-20(27)3-7-22)11-10-24(19)35-23-8-4-21(28)5-9-23/h2-9,19,24H,10-18H2,1H3/t19-,24-/m0/s1. The van der Waals surface area contributed by atoms with Gasteiger partial charge in [-0.15, -0.1) is 0 Å². The first kappa shape index (κ1) is 24.9. The monoisotopic (exact) mass is 487 g/mol. The quantitative estimate of drug-likeness (QED) is 0.601. The number of likely N-dealkylation sites (N-methyl/N-ethyl adjacent to an activating group) is 1. The maximum Gasteiger partial charge on any atom is 0.260 e. The van der Waals surface area contributed by atoms with Gasteiger partial charge in [-0.1, -0.05) is 0 Å². The van der Waals surface area contributed by atoms with Crippen LogP contribution in [0.3, 0.4) is 0 Å². The summed E-state index contributed by atoms with van der Waals surface area (Å²) in [6, 6.07) is 11.3. The third-order valence-corrected chi connectivity index (χ3v) is 6.59. The molecule has 0 radical (unpaired) electrons. The van der Waals surface area contributed by atoms with Crippen LogP contribution in [0.4, 0.5) is 8.78 Å². The molecule has 2 heterocycles. The van der Waals surface area contributed by atoms with Gasteiger partial charge in [0.2, 0.25) is 5.91 Å². The van der Waals surface area contributed by atoms with E-state index >= 15 is 0 Å². The molecule has 0 spiro atoms. The van der Waals surface area contributed by atoms with Crippen LogP contribution in [0.25, 0.3) is 0 Å². The molecular formula is C26H31F2N3O4. The molecule has 0 aliphatic carbocycles. The molecule has 0 saturated carbocycles. The maximum absolute atomic E-state index is 13.3. The van der Waals surface area contributed by atoms with Crippen molar-refractivity contribution in [1.82, 2.24) is 14.7 Å². The van der Waals surface area contributed by atoms with Crippen LogP contribution >= 0.6 is 0 Å². The molecule has 7 nitrogen and oxygen atoms in total. The van der Waals surface area contributed by atoms with E-state index in [9.17, 15) is 18.4 Å². The molecule has 2 saturated heterocycles. The van der Waals surface area contributed by atoms with Crippen LogP contribution in [0.1, 0.15) is 12.8 Å². The molecule has 2 aromatic carbocycles. The highest BCUT2D eigenvalue weighted by molar-refractivity contribution is 5.79. The topological polar surface area (TPSA) is 62.3 Å². The minimum Gasteiger partial charge on any atom is -0.490 e. The van der Waals surface area contributed by atoms with Crippen molar-refractivity contribution < 1.29 is 27.8 Å². The Morgan fingerprint density at radius 3 is 2.06 bits per heavy atom. The number of piperidine rings is 1. The first-order valence-corrected chi connectivity index (χ1v) is 11.9. The second-order valence-electron chi connectivity index (χ2n) is 9.13. The first-order valence-electron chi connectivity index (χ1n) is 11.9. The zero-order chi connectivity index (χ0) is 24.8. The van der Waals surface area contributed by atoms with Crippen molar-refractivity contribution in [2.75, 3.05) is 52.9 Å². The van der Waals surface area contributed by atoms with Crippen LogP contribution in [-0.2, 0) is 9.59 Å². The molecule has 4 rings (SSSR count). The summed E-state index contributed by atoms with van der Waals surface area (Å²) in [7, 11) is 2.03. The average molecular weight is 488 g/mol. The Morgan fingerprint density at radius 1 is 0.829 bits per heavy atom. The number of benzene rings is 2. The molecule has 0 N–H and O–H groups in total. The second-order valence-corrected chi connectivity index (χ2v) is 9.13. The van der Waals surface area contributed by atoms with E-state index in [4.69, 9.17) is 9.47 Å². The van der Waals surface area contributed by atoms with E-state index in [1.165, 1.54) is 36.4 Å². The summed E-state index contributed by atoms with van der Waals surface area (Å²) in [4.78, 5) is 31.7. The summed E-state index contributed by atoms with van der Waals surface area (Å²) in [6.07, 6.45) is 0.525. The molecule has 2 aliphatic heterocycles. The number of piperazine rings is 1. The molecule has 2 amide bonds. The number of nitrogens with zero attached hydrogens (tertiary/aromatic N) is 3. The zero-order valence-electron chi connectivity index (χ0n) is 19.9. The second kappa shape index (κ2) is 11.5. The first-order chi connectivity index (χ1) is 16.9. The number of hydrogen-bond donors (Lipinski definition) is 0. The van der Waals surface area contributed by atoms with E-state index < -0.39 is 0 Å². The Labute approximate surface area is 204 Å². The molecule has 35 heavy (non-hydrogen) atoms. The lowest BCUT2D eigenvalue weighted by Gasteiger charge is -2.39. The Morgan fingerprint density at radius 2 is 1.43 bits per heavy atom. The van der Waals surface area contributed by atoms with E-state index in [2.05, 4.69) is 4.90 Å². The number of halogens is 2. The van der Waals surface area contributed by atoms with E-state index in [1.807, 2.05) is 11.9 Å². The van der Waals surface area contributed by atoms with E-state index in [-0.39, 0.29) is 48.5 Å². The minimum absolute atomic E-state index is 0.0488. The fourth-order valence-corrected chi connectivity index (χ4v) is 4.45. The fourth-order valence-electron chi connectivity index (χ4n) is 4.45. The van der Waals surface area contributed by atoms with Gasteiger partial charge in [-0.2, -0.15) is 0 Å². The van der Waals surface area contributed by atoms with Crippen LogP contribution in [0.2, 0.25) is 0 Å². The molecule has 0 unspecified atom stereocenters. The van der Waals surface area contributed by atoms with Gasteiger partial charge in [0.25, 0.3) is 5.91 Å². The molecule has 188 valence electrons. The van der Waals surface area contributed by atoms with Crippen molar-refractivity contribution in [3.8, 4) is 11.5 Å². The van der Waals surface area contributed by atoms with Gasteiger partial charge in [-0.05, 0) is 55.6 Å². The maximum atomic E-state index is 13.3. The lowest BCUT2D eigenvalue weighted by molar-refractivity contribution is -0.141. The van der Waals surface area contributed by atoms with Gasteiger partial charge in [0.05, 0.1) is 0 Å². The third-order valence-electron chi connectivity index (χ3n) is 6.59. The smallest absolute Gasteiger partial charge is 0.260 e. The Hall–Kier alpha value is -3.20. The summed E-state index contributed by atoms with van der Waals surface area (Å²) in [5.41, 5.74) is 0. The number of carbonyl (C=O) groups is 2. The van der Waals surface area contributed by atoms with Gasteiger partial charge < -0.3 is 24.2 Å². The normalized spacial score (nSPS) is 21.0. The van der Waals surface area contributed by atoms with E-state index in [0.717, 1.165) is 13.1 Å². The van der Waals surface area contributed by atoms with Crippen LogP contribution in [-0.4, -0.2) is 85.5 Å². The summed E-state index contributed by atoms with van der Waals surface area (Å²) in [5, 5.41) is 0. The molecule has 9 heteroatoms. The zero-order valence-corrected chi connectivity index (χ0v) is 19.9. The SMILES string of the molecule is CN1CCN(C(=O)C[C@H]2CN(C(=O)COc3ccc(F)cc3)CC[C@@H]2Oc2ccc(F)cc2)CC1. The van der Waals surface area contributed by atoms with Crippen LogP contribution in [0.5, 0.6) is 11.5 Å². The van der Waals surface area contributed by atoms with Gasteiger partial charge in [-0.3, -0.25) is 9.59 Å². The number of amides is 2. The van der Waals surface area contributed by atoms with Crippen LogP contribution in [0, 0.1) is 17.6 Å². The van der Waals surface area contributed by atoms with Crippen molar-refractivity contribution in [3.05, 3.63) is 60.2 Å². The molecular weight excluding hydrogens is 456 g/mol. The minimum atomic E-state index is -0.375. The summed E-state index contributed by atoms with van der Waals surface area (Å²) >= 11 is 0. The molecule has 2 fully saturated rings. The van der Waals surface area contributed by atoms with Gasteiger partial charge in [0, 0.05) is 58.0 Å². The molecule has 0 aromatic heterocycles. The summed E-state index contributed by atoms with van der Waals surface area (Å²) in [5.74, 6) is -0.139. The van der Waals surface area contributed by atoms with Gasteiger partial charge >= 0.3 is 0 Å². The van der Waals surface area contributed by atoms with Crippen molar-refractivity contribution >= 4 is 11.8 Å². The van der Waals surface area contributed by atoms with E-state index in [0.29, 0.717) is 44.1 Å².